The summed E-state index contributed by atoms with van der Waals surface area (Å²) in [6.07, 6.45) is -0.0813. The lowest BCUT2D eigenvalue weighted by Crippen LogP contribution is -2.18. The highest BCUT2D eigenvalue weighted by Gasteiger charge is 2.27. The molecule has 1 rings (SSSR count). The highest BCUT2D eigenvalue weighted by atomic mass is 16.5. The molecule has 0 saturated carbocycles. The monoisotopic (exact) mass is 129 g/mol. The highest BCUT2D eigenvalue weighted by molar-refractivity contribution is 5.89. The van der Waals surface area contributed by atoms with Gasteiger partial charge in [0.05, 0.1) is 19.3 Å². The van der Waals surface area contributed by atoms with Gasteiger partial charge in [0.1, 0.15) is 0 Å². The van der Waals surface area contributed by atoms with Gasteiger partial charge in [-0.15, -0.1) is 0 Å². The van der Waals surface area contributed by atoms with Crippen molar-refractivity contribution in [3.63, 3.8) is 0 Å². The van der Waals surface area contributed by atoms with Gasteiger partial charge in [0.25, 0.3) is 0 Å². The minimum atomic E-state index is -0.0813. The molecule has 0 amide bonds. The van der Waals surface area contributed by atoms with E-state index in [9.17, 15) is 0 Å². The maximum absolute atomic E-state index is 8.63. The van der Waals surface area contributed by atoms with Crippen molar-refractivity contribution in [3.8, 4) is 0 Å². The van der Waals surface area contributed by atoms with Crippen LogP contribution in [0.2, 0.25) is 0 Å². The van der Waals surface area contributed by atoms with E-state index in [2.05, 4.69) is 0 Å². The average Bonchev–Trinajstić information content (AvgIpc) is 2.15. The molecule has 1 aliphatic heterocycles. The van der Waals surface area contributed by atoms with Crippen LogP contribution >= 0.6 is 0 Å². The molecule has 1 aliphatic rings. The summed E-state index contributed by atoms with van der Waals surface area (Å²) in [5.74, 6) is -0.0417. The Labute approximate surface area is 54.2 Å². The molecule has 2 N–H and O–H groups in total. The Morgan fingerprint density at radius 3 is 2.78 bits per heavy atom. The van der Waals surface area contributed by atoms with Crippen LogP contribution in [0.5, 0.6) is 0 Å². The average molecular weight is 129 g/mol. The highest BCUT2D eigenvalue weighted by Crippen LogP contribution is 2.13. The number of aliphatic hydroxyl groups is 1. The lowest BCUT2D eigenvalue weighted by atomic mass is 10.1. The van der Waals surface area contributed by atoms with Gasteiger partial charge in [0.2, 0.25) is 0 Å². The zero-order valence-electron chi connectivity index (χ0n) is 5.42. The van der Waals surface area contributed by atoms with E-state index in [1.54, 1.807) is 0 Å². The molecule has 0 spiro atoms. The molecule has 1 saturated heterocycles. The Bertz CT molecular complexity index is 124. The second kappa shape index (κ2) is 2.45. The van der Waals surface area contributed by atoms with Crippen molar-refractivity contribution in [2.45, 2.75) is 13.0 Å². The number of hydrogen-bond donors (Lipinski definition) is 2. The predicted molar refractivity (Wildman–Crippen MR) is 33.7 cm³/mol. The van der Waals surface area contributed by atoms with Gasteiger partial charge in [-0.05, 0) is 6.92 Å². The third-order valence-electron chi connectivity index (χ3n) is 1.65. The summed E-state index contributed by atoms with van der Waals surface area (Å²) in [4.78, 5) is 0. The second-order valence-electron chi connectivity index (χ2n) is 2.31. The Balaban J connectivity index is 2.51. The fourth-order valence-corrected chi connectivity index (χ4v) is 0.923. The maximum atomic E-state index is 8.63. The zero-order valence-corrected chi connectivity index (χ0v) is 5.42. The molecule has 0 aromatic rings. The van der Waals surface area contributed by atoms with Crippen molar-refractivity contribution in [2.75, 3.05) is 13.2 Å². The van der Waals surface area contributed by atoms with Gasteiger partial charge in [0.15, 0.2) is 0 Å². The third kappa shape index (κ3) is 1.11. The van der Waals surface area contributed by atoms with Gasteiger partial charge in [-0.2, -0.15) is 0 Å². The van der Waals surface area contributed by atoms with Crippen molar-refractivity contribution in [1.82, 2.24) is 0 Å². The quantitative estimate of drug-likeness (QED) is 0.525. The van der Waals surface area contributed by atoms with Crippen molar-refractivity contribution in [1.29, 1.82) is 5.41 Å². The van der Waals surface area contributed by atoms with E-state index in [0.29, 0.717) is 12.3 Å². The van der Waals surface area contributed by atoms with Crippen molar-refractivity contribution in [3.05, 3.63) is 0 Å². The van der Waals surface area contributed by atoms with E-state index >= 15 is 0 Å². The van der Waals surface area contributed by atoms with Crippen LogP contribution in [0.4, 0.5) is 0 Å². The summed E-state index contributed by atoms with van der Waals surface area (Å²) < 4.78 is 5.08. The first kappa shape index (κ1) is 6.71. The zero-order chi connectivity index (χ0) is 6.85. The SMILES string of the molecule is CC1OC[C@@H](CO)C1=N. The Morgan fingerprint density at radius 2 is 2.56 bits per heavy atom. The lowest BCUT2D eigenvalue weighted by molar-refractivity contribution is 0.118. The Kier molecular flexibility index (Phi) is 1.83. The number of rotatable bonds is 1. The number of aliphatic hydroxyl groups excluding tert-OH is 1. The van der Waals surface area contributed by atoms with E-state index in [4.69, 9.17) is 15.3 Å². The summed E-state index contributed by atoms with van der Waals surface area (Å²) >= 11 is 0. The summed E-state index contributed by atoms with van der Waals surface area (Å²) in [6.45, 7) is 2.39. The van der Waals surface area contributed by atoms with Crippen LogP contribution < -0.4 is 0 Å². The smallest absolute Gasteiger partial charge is 0.0925 e. The molecule has 0 aliphatic carbocycles. The minimum absolute atomic E-state index is 0.0417. The van der Waals surface area contributed by atoms with Gasteiger partial charge in [-0.3, -0.25) is 0 Å². The molecule has 52 valence electrons. The molecule has 9 heavy (non-hydrogen) atoms. The van der Waals surface area contributed by atoms with Crippen LogP contribution in [0.1, 0.15) is 6.92 Å². The molecule has 1 heterocycles. The van der Waals surface area contributed by atoms with Gasteiger partial charge >= 0.3 is 0 Å². The fraction of sp³-hybridized carbons (Fsp3) is 0.833. The molecule has 0 radical (unpaired) electrons. The van der Waals surface area contributed by atoms with Crippen molar-refractivity contribution >= 4 is 5.71 Å². The van der Waals surface area contributed by atoms with Gasteiger partial charge < -0.3 is 15.3 Å². The Morgan fingerprint density at radius 1 is 1.89 bits per heavy atom. The maximum Gasteiger partial charge on any atom is 0.0925 e. The first-order valence-corrected chi connectivity index (χ1v) is 3.06. The van der Waals surface area contributed by atoms with E-state index in [1.807, 2.05) is 6.92 Å². The molecular formula is C6H11NO2. The van der Waals surface area contributed by atoms with Crippen LogP contribution in [0, 0.1) is 11.3 Å². The molecule has 1 fully saturated rings. The molecule has 1 unspecified atom stereocenters. The second-order valence-corrected chi connectivity index (χ2v) is 2.31. The van der Waals surface area contributed by atoms with E-state index in [-0.39, 0.29) is 18.6 Å². The van der Waals surface area contributed by atoms with Crippen LogP contribution in [0.15, 0.2) is 0 Å². The number of hydrogen-bond acceptors (Lipinski definition) is 3. The first-order valence-electron chi connectivity index (χ1n) is 3.06. The fourth-order valence-electron chi connectivity index (χ4n) is 0.923. The number of nitrogens with one attached hydrogen (secondary N) is 1. The van der Waals surface area contributed by atoms with Crippen molar-refractivity contribution in [2.24, 2.45) is 5.92 Å². The van der Waals surface area contributed by atoms with Crippen LogP contribution in [0.3, 0.4) is 0 Å². The molecular weight excluding hydrogens is 118 g/mol. The van der Waals surface area contributed by atoms with Crippen LogP contribution in [-0.2, 0) is 4.74 Å². The third-order valence-corrected chi connectivity index (χ3v) is 1.65. The largest absolute Gasteiger partial charge is 0.396 e. The van der Waals surface area contributed by atoms with E-state index < -0.39 is 0 Å². The van der Waals surface area contributed by atoms with Gasteiger partial charge in [0, 0.05) is 11.6 Å². The van der Waals surface area contributed by atoms with E-state index in [1.165, 1.54) is 0 Å². The molecule has 0 bridgehead atoms. The molecule has 2 atom stereocenters. The molecule has 0 aromatic heterocycles. The van der Waals surface area contributed by atoms with Crippen LogP contribution in [0.25, 0.3) is 0 Å². The minimum Gasteiger partial charge on any atom is -0.396 e. The topological polar surface area (TPSA) is 53.3 Å². The van der Waals surface area contributed by atoms with Gasteiger partial charge in [-0.25, -0.2) is 0 Å². The Hall–Kier alpha value is -0.410. The first-order chi connectivity index (χ1) is 4.25. The normalized spacial score (nSPS) is 35.6. The van der Waals surface area contributed by atoms with Gasteiger partial charge in [-0.1, -0.05) is 0 Å². The molecule has 3 nitrogen and oxygen atoms in total. The summed E-state index contributed by atoms with van der Waals surface area (Å²) in [6, 6.07) is 0. The summed E-state index contributed by atoms with van der Waals surface area (Å²) in [5, 5.41) is 16.0. The lowest BCUT2D eigenvalue weighted by Gasteiger charge is -2.02. The molecule has 3 heteroatoms. The van der Waals surface area contributed by atoms with E-state index in [0.717, 1.165) is 0 Å². The predicted octanol–water partition coefficient (Wildman–Crippen LogP) is 0.0334. The van der Waals surface area contributed by atoms with Crippen LogP contribution in [-0.4, -0.2) is 30.1 Å². The van der Waals surface area contributed by atoms with Crippen molar-refractivity contribution < 1.29 is 9.84 Å². The summed E-state index contributed by atoms with van der Waals surface area (Å²) in [7, 11) is 0. The number of ether oxygens (including phenoxy) is 1. The standard InChI is InChI=1S/C6H11NO2/c1-4-6(7)5(2-8)3-9-4/h4-5,7-8H,2-3H2,1H3/t4?,5-/m1/s1. The summed E-state index contributed by atoms with van der Waals surface area (Å²) in [5.41, 5.74) is 0.525. The molecule has 0 aromatic carbocycles.